The molecule has 1 aromatic heterocycles. The number of rotatable bonds is 5. The van der Waals surface area contributed by atoms with Crippen molar-refractivity contribution in [3.05, 3.63) is 58.3 Å². The summed E-state index contributed by atoms with van der Waals surface area (Å²) in [6.45, 7) is 9.17. The molecule has 2 aromatic rings. The molecular weight excluding hydrogens is 262 g/mol. The summed E-state index contributed by atoms with van der Waals surface area (Å²) in [6.07, 6.45) is 1.13. The summed E-state index contributed by atoms with van der Waals surface area (Å²) < 4.78 is 0. The van der Waals surface area contributed by atoms with Crippen LogP contribution in [0.25, 0.3) is 0 Å². The van der Waals surface area contributed by atoms with Crippen LogP contribution >= 0.6 is 11.3 Å². The van der Waals surface area contributed by atoms with Gasteiger partial charge in [-0.1, -0.05) is 57.2 Å². The van der Waals surface area contributed by atoms with E-state index < -0.39 is 0 Å². The van der Waals surface area contributed by atoms with E-state index in [2.05, 4.69) is 80.9 Å². The van der Waals surface area contributed by atoms with Crippen LogP contribution in [-0.4, -0.2) is 0 Å². The first kappa shape index (κ1) is 15.3. The van der Waals surface area contributed by atoms with Crippen LogP contribution in [-0.2, 0) is 0 Å². The van der Waals surface area contributed by atoms with Crippen LogP contribution in [0.15, 0.2) is 47.8 Å². The number of hydrogen-bond acceptors (Lipinski definition) is 2. The second kappa shape index (κ2) is 6.55. The fourth-order valence-electron chi connectivity index (χ4n) is 2.49. The van der Waals surface area contributed by atoms with Gasteiger partial charge in [0.1, 0.15) is 0 Å². The highest BCUT2D eigenvalue weighted by atomic mass is 32.1. The molecule has 108 valence electrons. The predicted octanol–water partition coefficient (Wildman–Crippen LogP) is 5.58. The van der Waals surface area contributed by atoms with E-state index in [1.54, 1.807) is 0 Å². The van der Waals surface area contributed by atoms with Crippen LogP contribution in [0.5, 0.6) is 0 Å². The van der Waals surface area contributed by atoms with Gasteiger partial charge >= 0.3 is 0 Å². The van der Waals surface area contributed by atoms with Crippen LogP contribution < -0.4 is 5.32 Å². The van der Waals surface area contributed by atoms with Crippen LogP contribution in [0.1, 0.15) is 56.6 Å². The van der Waals surface area contributed by atoms with Crippen molar-refractivity contribution in [2.45, 2.75) is 46.2 Å². The molecule has 0 saturated carbocycles. The molecule has 0 aliphatic rings. The van der Waals surface area contributed by atoms with Crippen molar-refractivity contribution in [1.82, 2.24) is 5.32 Å². The molecule has 20 heavy (non-hydrogen) atoms. The zero-order chi connectivity index (χ0) is 14.6. The Morgan fingerprint density at radius 1 is 1.05 bits per heavy atom. The monoisotopic (exact) mass is 287 g/mol. The van der Waals surface area contributed by atoms with Gasteiger partial charge in [-0.05, 0) is 35.8 Å². The quantitative estimate of drug-likeness (QED) is 0.757. The maximum atomic E-state index is 3.80. The lowest BCUT2D eigenvalue weighted by molar-refractivity contribution is 0.298. The molecule has 0 aliphatic heterocycles. The summed E-state index contributed by atoms with van der Waals surface area (Å²) in [5.74, 6) is 0. The number of benzene rings is 1. The van der Waals surface area contributed by atoms with E-state index in [0.29, 0.717) is 17.5 Å². The number of nitrogens with one attached hydrogen (secondary N) is 1. The fraction of sp³-hybridized carbons (Fsp3) is 0.444. The average Bonchev–Trinajstić information content (AvgIpc) is 2.91. The minimum absolute atomic E-state index is 0.308. The molecule has 1 heterocycles. The lowest BCUT2D eigenvalue weighted by atomic mass is 9.85. The van der Waals surface area contributed by atoms with Crippen LogP contribution in [0.3, 0.4) is 0 Å². The van der Waals surface area contributed by atoms with Crippen molar-refractivity contribution in [1.29, 1.82) is 0 Å². The fourth-order valence-corrected chi connectivity index (χ4v) is 3.24. The third-order valence-electron chi connectivity index (χ3n) is 3.44. The molecule has 2 atom stereocenters. The van der Waals surface area contributed by atoms with Gasteiger partial charge in [-0.25, -0.2) is 0 Å². The van der Waals surface area contributed by atoms with E-state index in [4.69, 9.17) is 0 Å². The first-order valence-electron chi connectivity index (χ1n) is 7.30. The van der Waals surface area contributed by atoms with Gasteiger partial charge in [0.2, 0.25) is 0 Å². The maximum Gasteiger partial charge on any atom is 0.0391 e. The van der Waals surface area contributed by atoms with Gasteiger partial charge in [0.25, 0.3) is 0 Å². The Hall–Kier alpha value is -1.12. The Balaban J connectivity index is 2.15. The lowest BCUT2D eigenvalue weighted by Gasteiger charge is -2.29. The van der Waals surface area contributed by atoms with E-state index in [1.165, 1.54) is 10.4 Å². The number of hydrogen-bond donors (Lipinski definition) is 1. The van der Waals surface area contributed by atoms with E-state index in [1.807, 2.05) is 11.3 Å². The summed E-state index contributed by atoms with van der Waals surface area (Å²) >= 11 is 1.82. The Bertz CT molecular complexity index is 496. The second-order valence-corrected chi connectivity index (χ2v) is 7.61. The van der Waals surface area contributed by atoms with Crippen LogP contribution in [0, 0.1) is 5.41 Å². The van der Waals surface area contributed by atoms with E-state index >= 15 is 0 Å². The topological polar surface area (TPSA) is 12.0 Å². The van der Waals surface area contributed by atoms with E-state index in [9.17, 15) is 0 Å². The highest BCUT2D eigenvalue weighted by Crippen LogP contribution is 2.32. The molecule has 1 unspecified atom stereocenters. The molecule has 0 radical (unpaired) electrons. The molecule has 0 spiro atoms. The summed E-state index contributed by atoms with van der Waals surface area (Å²) in [5, 5.41) is 5.95. The van der Waals surface area contributed by atoms with Gasteiger partial charge in [-0.2, -0.15) is 0 Å². The third kappa shape index (κ3) is 4.46. The minimum atomic E-state index is 0.308. The Kier molecular flexibility index (Phi) is 5.00. The van der Waals surface area contributed by atoms with Crippen LogP contribution in [0.4, 0.5) is 0 Å². The molecule has 2 heteroatoms. The first-order chi connectivity index (χ1) is 9.46. The van der Waals surface area contributed by atoms with Crippen molar-refractivity contribution >= 4 is 11.3 Å². The van der Waals surface area contributed by atoms with Crippen molar-refractivity contribution < 1.29 is 0 Å². The van der Waals surface area contributed by atoms with Gasteiger partial charge in [0.05, 0.1) is 0 Å². The first-order valence-corrected chi connectivity index (χ1v) is 8.18. The molecule has 1 N–H and O–H groups in total. The van der Waals surface area contributed by atoms with Crippen molar-refractivity contribution in [2.75, 3.05) is 0 Å². The second-order valence-electron chi connectivity index (χ2n) is 6.63. The summed E-state index contributed by atoms with van der Waals surface area (Å²) in [6, 6.07) is 15.9. The molecule has 0 saturated heterocycles. The highest BCUT2D eigenvalue weighted by molar-refractivity contribution is 7.10. The zero-order valence-electron chi connectivity index (χ0n) is 12.9. The molecule has 1 aromatic carbocycles. The Morgan fingerprint density at radius 3 is 2.30 bits per heavy atom. The van der Waals surface area contributed by atoms with E-state index in [0.717, 1.165) is 6.42 Å². The third-order valence-corrected chi connectivity index (χ3v) is 4.49. The van der Waals surface area contributed by atoms with Gasteiger partial charge in [-0.15, -0.1) is 11.3 Å². The molecule has 0 bridgehead atoms. The van der Waals surface area contributed by atoms with E-state index in [-0.39, 0.29) is 0 Å². The molecule has 0 fully saturated rings. The normalized spacial score (nSPS) is 15.0. The summed E-state index contributed by atoms with van der Waals surface area (Å²) in [5.41, 5.74) is 1.69. The SMILES string of the molecule is C[C@@H](NC(CC(C)(C)C)c1ccccc1)c1cccs1. The smallest absolute Gasteiger partial charge is 0.0391 e. The van der Waals surface area contributed by atoms with Gasteiger partial charge in [0, 0.05) is 17.0 Å². The van der Waals surface area contributed by atoms with Crippen molar-refractivity contribution in [3.8, 4) is 0 Å². The average molecular weight is 287 g/mol. The van der Waals surface area contributed by atoms with Gasteiger partial charge in [-0.3, -0.25) is 0 Å². The zero-order valence-corrected chi connectivity index (χ0v) is 13.7. The highest BCUT2D eigenvalue weighted by Gasteiger charge is 2.22. The van der Waals surface area contributed by atoms with Crippen molar-refractivity contribution in [2.24, 2.45) is 5.41 Å². The molecule has 0 amide bonds. The largest absolute Gasteiger partial charge is 0.303 e. The molecule has 0 aliphatic carbocycles. The van der Waals surface area contributed by atoms with Gasteiger partial charge < -0.3 is 5.32 Å². The predicted molar refractivity (Wildman–Crippen MR) is 89.1 cm³/mol. The standard InChI is InChI=1S/C18H25NS/c1-14(17-11-8-12-20-17)19-16(13-18(2,3)4)15-9-6-5-7-10-15/h5-12,14,16,19H,13H2,1-4H3/t14-,16?/m1/s1. The molecule has 2 rings (SSSR count). The van der Waals surface area contributed by atoms with Crippen molar-refractivity contribution in [3.63, 3.8) is 0 Å². The number of thiophene rings is 1. The minimum Gasteiger partial charge on any atom is -0.303 e. The summed E-state index contributed by atoms with van der Waals surface area (Å²) in [4.78, 5) is 1.40. The Morgan fingerprint density at radius 2 is 1.75 bits per heavy atom. The Labute approximate surface area is 127 Å². The molecule has 1 nitrogen and oxygen atoms in total. The molecular formula is C18H25NS. The van der Waals surface area contributed by atoms with Gasteiger partial charge in [0.15, 0.2) is 0 Å². The lowest BCUT2D eigenvalue weighted by Crippen LogP contribution is -2.27. The maximum absolute atomic E-state index is 3.80. The summed E-state index contributed by atoms with van der Waals surface area (Å²) in [7, 11) is 0. The van der Waals surface area contributed by atoms with Crippen LogP contribution in [0.2, 0.25) is 0 Å².